The van der Waals surface area contributed by atoms with Crippen LogP contribution in [0.5, 0.6) is 5.88 Å². The predicted molar refractivity (Wildman–Crippen MR) is 58.2 cm³/mol. The van der Waals surface area contributed by atoms with E-state index in [1.165, 1.54) is 7.11 Å². The van der Waals surface area contributed by atoms with Crippen LogP contribution in [0.25, 0.3) is 0 Å². The molecule has 0 saturated carbocycles. The highest BCUT2D eigenvalue weighted by Gasteiger charge is 2.25. The van der Waals surface area contributed by atoms with Crippen molar-refractivity contribution in [2.24, 2.45) is 5.16 Å². The van der Waals surface area contributed by atoms with Crippen LogP contribution in [0.4, 0.5) is 0 Å². The first-order chi connectivity index (χ1) is 6.88. The Morgan fingerprint density at radius 3 is 2.53 bits per heavy atom. The van der Waals surface area contributed by atoms with Gasteiger partial charge in [0, 0.05) is 5.41 Å². The predicted octanol–water partition coefficient (Wildman–Crippen LogP) is 1.78. The van der Waals surface area contributed by atoms with Gasteiger partial charge in [-0.2, -0.15) is 5.10 Å². The second-order valence-electron chi connectivity index (χ2n) is 4.41. The van der Waals surface area contributed by atoms with Gasteiger partial charge in [0.15, 0.2) is 0 Å². The van der Waals surface area contributed by atoms with Crippen LogP contribution in [-0.4, -0.2) is 28.1 Å². The van der Waals surface area contributed by atoms with E-state index in [9.17, 15) is 5.11 Å². The van der Waals surface area contributed by atoms with Crippen molar-refractivity contribution < 1.29 is 9.94 Å². The summed E-state index contributed by atoms with van der Waals surface area (Å²) in [5, 5.41) is 20.1. The number of aromatic nitrogens is 2. The average molecular weight is 211 g/mol. The van der Waals surface area contributed by atoms with E-state index in [4.69, 9.17) is 0 Å². The summed E-state index contributed by atoms with van der Waals surface area (Å²) in [6.07, 6.45) is 0. The third kappa shape index (κ3) is 2.29. The minimum absolute atomic E-state index is 0.0261. The molecule has 5 nitrogen and oxygen atoms in total. The third-order valence-corrected chi connectivity index (χ3v) is 2.05. The Labute approximate surface area is 89.1 Å². The Kier molecular flexibility index (Phi) is 3.02. The Hall–Kier alpha value is -1.52. The number of nitrogens with one attached hydrogen (secondary N) is 1. The summed E-state index contributed by atoms with van der Waals surface area (Å²) < 4.78 is 0. The Bertz CT molecular complexity index is 375. The summed E-state index contributed by atoms with van der Waals surface area (Å²) >= 11 is 0. The van der Waals surface area contributed by atoms with Crippen LogP contribution >= 0.6 is 0 Å². The molecule has 1 heterocycles. The molecule has 0 amide bonds. The molecule has 0 atom stereocenters. The van der Waals surface area contributed by atoms with Crippen LogP contribution in [0.3, 0.4) is 0 Å². The highest BCUT2D eigenvalue weighted by atomic mass is 16.6. The maximum absolute atomic E-state index is 9.64. The molecule has 0 spiro atoms. The number of rotatable bonds is 2. The van der Waals surface area contributed by atoms with E-state index < -0.39 is 0 Å². The van der Waals surface area contributed by atoms with Crippen molar-refractivity contribution in [3.05, 3.63) is 11.3 Å². The second kappa shape index (κ2) is 3.92. The van der Waals surface area contributed by atoms with Gasteiger partial charge in [-0.1, -0.05) is 25.9 Å². The molecule has 0 unspecified atom stereocenters. The number of aromatic hydroxyl groups is 1. The van der Waals surface area contributed by atoms with E-state index in [0.29, 0.717) is 11.3 Å². The molecular weight excluding hydrogens is 194 g/mol. The number of hydrogen-bond acceptors (Lipinski definition) is 4. The highest BCUT2D eigenvalue weighted by Crippen LogP contribution is 2.29. The van der Waals surface area contributed by atoms with Crippen LogP contribution in [0, 0.1) is 0 Å². The number of nitrogens with zero attached hydrogens (tertiary/aromatic N) is 2. The largest absolute Gasteiger partial charge is 0.493 e. The van der Waals surface area contributed by atoms with Crippen LogP contribution < -0.4 is 0 Å². The van der Waals surface area contributed by atoms with Gasteiger partial charge >= 0.3 is 0 Å². The first kappa shape index (κ1) is 11.6. The fourth-order valence-corrected chi connectivity index (χ4v) is 1.40. The van der Waals surface area contributed by atoms with E-state index in [1.807, 2.05) is 20.8 Å². The van der Waals surface area contributed by atoms with Crippen LogP contribution in [0.1, 0.15) is 39.0 Å². The zero-order chi connectivity index (χ0) is 11.6. The Morgan fingerprint density at radius 1 is 1.47 bits per heavy atom. The molecule has 15 heavy (non-hydrogen) atoms. The molecule has 0 aromatic carbocycles. The van der Waals surface area contributed by atoms with Gasteiger partial charge in [0.25, 0.3) is 0 Å². The molecule has 2 N–H and O–H groups in total. The van der Waals surface area contributed by atoms with Gasteiger partial charge in [0.1, 0.15) is 7.11 Å². The SMILES string of the molecule is CO/N=C(\C)c1c(C(C)(C)C)n[nH]c1O. The Balaban J connectivity index is 3.28. The van der Waals surface area contributed by atoms with Crippen molar-refractivity contribution in [1.29, 1.82) is 0 Å². The van der Waals surface area contributed by atoms with Crippen LogP contribution in [0.2, 0.25) is 0 Å². The number of hydrogen-bond donors (Lipinski definition) is 2. The second-order valence-corrected chi connectivity index (χ2v) is 4.41. The number of oxime groups is 1. The fraction of sp³-hybridized carbons (Fsp3) is 0.600. The van der Waals surface area contributed by atoms with Gasteiger partial charge < -0.3 is 9.94 Å². The van der Waals surface area contributed by atoms with Crippen LogP contribution in [0.15, 0.2) is 5.16 Å². The highest BCUT2D eigenvalue weighted by molar-refractivity contribution is 6.01. The molecule has 0 fully saturated rings. The molecule has 0 aliphatic heterocycles. The molecular formula is C10H17N3O2. The summed E-state index contributed by atoms with van der Waals surface area (Å²) in [7, 11) is 1.47. The zero-order valence-corrected chi connectivity index (χ0v) is 9.75. The van der Waals surface area contributed by atoms with E-state index in [2.05, 4.69) is 20.2 Å². The molecule has 84 valence electrons. The summed E-state index contributed by atoms with van der Waals surface area (Å²) in [6.45, 7) is 7.83. The first-order valence-corrected chi connectivity index (χ1v) is 4.74. The standard InChI is InChI=1S/C10H17N3O2/c1-6(13-15-5)7-8(10(2,3)4)11-12-9(7)14/h1-5H3,(H2,11,12,14)/b13-6+. The summed E-state index contributed by atoms with van der Waals surface area (Å²) in [5.41, 5.74) is 1.84. The smallest absolute Gasteiger partial charge is 0.216 e. The van der Waals surface area contributed by atoms with Crippen molar-refractivity contribution in [3.63, 3.8) is 0 Å². The normalized spacial score (nSPS) is 13.0. The maximum atomic E-state index is 9.64. The number of aromatic amines is 1. The van der Waals surface area contributed by atoms with Gasteiger partial charge in [0.05, 0.1) is 17.0 Å². The minimum Gasteiger partial charge on any atom is -0.493 e. The van der Waals surface area contributed by atoms with E-state index in [0.717, 1.165) is 5.69 Å². The van der Waals surface area contributed by atoms with E-state index >= 15 is 0 Å². The topological polar surface area (TPSA) is 70.5 Å². The molecule has 0 radical (unpaired) electrons. The van der Waals surface area contributed by atoms with Gasteiger partial charge in [-0.15, -0.1) is 0 Å². The van der Waals surface area contributed by atoms with Crippen molar-refractivity contribution in [2.45, 2.75) is 33.1 Å². The summed E-state index contributed by atoms with van der Waals surface area (Å²) in [6, 6.07) is 0. The lowest BCUT2D eigenvalue weighted by Gasteiger charge is -2.16. The molecule has 0 aliphatic carbocycles. The van der Waals surface area contributed by atoms with Crippen molar-refractivity contribution in [3.8, 4) is 5.88 Å². The van der Waals surface area contributed by atoms with E-state index in [1.54, 1.807) is 6.92 Å². The van der Waals surface area contributed by atoms with Gasteiger partial charge in [-0.05, 0) is 6.92 Å². The zero-order valence-electron chi connectivity index (χ0n) is 9.75. The maximum Gasteiger partial charge on any atom is 0.216 e. The van der Waals surface area contributed by atoms with Crippen molar-refractivity contribution >= 4 is 5.71 Å². The van der Waals surface area contributed by atoms with Gasteiger partial charge in [0.2, 0.25) is 5.88 Å². The van der Waals surface area contributed by atoms with Crippen molar-refractivity contribution in [2.75, 3.05) is 7.11 Å². The third-order valence-electron chi connectivity index (χ3n) is 2.05. The average Bonchev–Trinajstić information content (AvgIpc) is 2.46. The Morgan fingerprint density at radius 2 is 2.07 bits per heavy atom. The lowest BCUT2D eigenvalue weighted by Crippen LogP contribution is -2.16. The lowest BCUT2D eigenvalue weighted by molar-refractivity contribution is 0.213. The molecule has 1 aromatic rings. The van der Waals surface area contributed by atoms with E-state index in [-0.39, 0.29) is 11.3 Å². The molecule has 0 saturated heterocycles. The fourth-order valence-electron chi connectivity index (χ4n) is 1.40. The van der Waals surface area contributed by atoms with Gasteiger partial charge in [-0.25, -0.2) is 5.10 Å². The lowest BCUT2D eigenvalue weighted by atomic mass is 9.88. The molecule has 5 heteroatoms. The van der Waals surface area contributed by atoms with Crippen molar-refractivity contribution in [1.82, 2.24) is 10.2 Å². The summed E-state index contributed by atoms with van der Waals surface area (Å²) in [4.78, 5) is 4.69. The first-order valence-electron chi connectivity index (χ1n) is 4.74. The summed E-state index contributed by atoms with van der Waals surface area (Å²) in [5.74, 6) is 0.0261. The molecule has 0 aliphatic rings. The molecule has 1 aromatic heterocycles. The molecule has 1 rings (SSSR count). The monoisotopic (exact) mass is 211 g/mol. The van der Waals surface area contributed by atoms with Gasteiger partial charge in [-0.3, -0.25) is 0 Å². The number of H-pyrrole nitrogens is 1. The quantitative estimate of drug-likeness (QED) is 0.578. The molecule has 0 bridgehead atoms. The minimum atomic E-state index is -0.155. The van der Waals surface area contributed by atoms with Crippen LogP contribution in [-0.2, 0) is 10.3 Å².